The molecule has 0 spiro atoms. The van der Waals surface area contributed by atoms with Crippen LogP contribution in [0.5, 0.6) is 0 Å². The number of esters is 2. The third-order valence-corrected chi connectivity index (χ3v) is 2.50. The summed E-state index contributed by atoms with van der Waals surface area (Å²) in [6.45, 7) is 8.26. The highest BCUT2D eigenvalue weighted by molar-refractivity contribution is 5.86. The molecule has 0 aromatic heterocycles. The largest absolute Gasteiger partial charge is 0.461 e. The quantitative estimate of drug-likeness (QED) is 0.698. The van der Waals surface area contributed by atoms with E-state index in [1.807, 2.05) is 0 Å². The molecule has 0 bridgehead atoms. The number of hydrogen-bond acceptors (Lipinski definition) is 7. The first-order valence-corrected chi connectivity index (χ1v) is 6.50. The molecular weight excluding hydrogens is 268 g/mol. The minimum atomic E-state index is -1.48. The number of methoxy groups -OCH3 is 1. The van der Waals surface area contributed by atoms with Gasteiger partial charge in [0.25, 0.3) is 5.97 Å². The van der Waals surface area contributed by atoms with Crippen LogP contribution in [0.1, 0.15) is 34.6 Å². The second-order valence-corrected chi connectivity index (χ2v) is 5.11. The molecule has 0 saturated carbocycles. The molecule has 0 aliphatic carbocycles. The van der Waals surface area contributed by atoms with Crippen molar-refractivity contribution in [1.82, 2.24) is 0 Å². The molecule has 1 aliphatic heterocycles. The third kappa shape index (κ3) is 4.16. The van der Waals surface area contributed by atoms with Gasteiger partial charge >= 0.3 is 11.9 Å². The van der Waals surface area contributed by atoms with Gasteiger partial charge in [0.1, 0.15) is 0 Å². The van der Waals surface area contributed by atoms with Crippen molar-refractivity contribution >= 4 is 11.9 Å². The first-order valence-electron chi connectivity index (χ1n) is 6.50. The van der Waals surface area contributed by atoms with Gasteiger partial charge in [-0.2, -0.15) is 0 Å². The van der Waals surface area contributed by atoms with Crippen molar-refractivity contribution in [2.24, 2.45) is 0 Å². The summed E-state index contributed by atoms with van der Waals surface area (Å²) in [5.41, 5.74) is 0. The predicted octanol–water partition coefficient (Wildman–Crippen LogP) is 0.994. The lowest BCUT2D eigenvalue weighted by molar-refractivity contribution is -0.317. The summed E-state index contributed by atoms with van der Waals surface area (Å²) in [4.78, 5) is 23.9. The molecular formula is C13H22O7. The Balaban J connectivity index is 2.87. The number of hydrogen-bond donors (Lipinski definition) is 0. The number of carbonyl (C=O) groups excluding carboxylic acids is 2. The summed E-state index contributed by atoms with van der Waals surface area (Å²) in [5, 5.41) is 0. The highest BCUT2D eigenvalue weighted by atomic mass is 16.9. The fourth-order valence-electron chi connectivity index (χ4n) is 1.65. The van der Waals surface area contributed by atoms with Crippen molar-refractivity contribution in [2.45, 2.75) is 65.0 Å². The van der Waals surface area contributed by atoms with Gasteiger partial charge in [-0.05, 0) is 27.7 Å². The lowest BCUT2D eigenvalue weighted by Crippen LogP contribution is -2.40. The van der Waals surface area contributed by atoms with Crippen molar-refractivity contribution in [2.75, 3.05) is 7.11 Å². The van der Waals surface area contributed by atoms with E-state index >= 15 is 0 Å². The average molecular weight is 290 g/mol. The van der Waals surface area contributed by atoms with Crippen LogP contribution in [-0.4, -0.2) is 49.4 Å². The Morgan fingerprint density at radius 2 is 1.30 bits per heavy atom. The van der Waals surface area contributed by atoms with E-state index in [2.05, 4.69) is 0 Å². The summed E-state index contributed by atoms with van der Waals surface area (Å²) >= 11 is 0. The minimum Gasteiger partial charge on any atom is -0.461 e. The second kappa shape index (κ2) is 6.51. The van der Waals surface area contributed by atoms with Crippen LogP contribution < -0.4 is 0 Å². The molecule has 1 rings (SSSR count). The Morgan fingerprint density at radius 1 is 0.950 bits per heavy atom. The highest BCUT2D eigenvalue weighted by Crippen LogP contribution is 2.31. The zero-order valence-corrected chi connectivity index (χ0v) is 12.7. The van der Waals surface area contributed by atoms with Gasteiger partial charge < -0.3 is 23.7 Å². The molecule has 0 aromatic carbocycles. The molecule has 0 N–H and O–H groups in total. The molecule has 0 amide bonds. The SMILES string of the molecule is COC1(C)O[C@@H](C(=O)OC(C)C)[C@H](C(=O)OC(C)C)O1. The molecule has 1 saturated heterocycles. The van der Waals surface area contributed by atoms with Crippen LogP contribution in [0, 0.1) is 0 Å². The summed E-state index contributed by atoms with van der Waals surface area (Å²) in [5.74, 6) is -2.86. The topological polar surface area (TPSA) is 80.3 Å². The summed E-state index contributed by atoms with van der Waals surface area (Å²) in [6, 6.07) is 0. The Morgan fingerprint density at radius 3 is 1.55 bits per heavy atom. The van der Waals surface area contributed by atoms with Gasteiger partial charge in [-0.15, -0.1) is 0 Å². The zero-order chi connectivity index (χ0) is 15.5. The lowest BCUT2D eigenvalue weighted by atomic mass is 10.2. The van der Waals surface area contributed by atoms with E-state index in [4.69, 9.17) is 23.7 Å². The molecule has 1 aliphatic rings. The maximum absolute atomic E-state index is 12.0. The van der Waals surface area contributed by atoms with E-state index in [0.717, 1.165) is 0 Å². The van der Waals surface area contributed by atoms with E-state index < -0.39 is 30.1 Å². The van der Waals surface area contributed by atoms with E-state index in [1.54, 1.807) is 27.7 Å². The lowest BCUT2D eigenvalue weighted by Gasteiger charge is -2.20. The average Bonchev–Trinajstić information content (AvgIpc) is 2.67. The molecule has 7 heteroatoms. The predicted molar refractivity (Wildman–Crippen MR) is 67.6 cm³/mol. The fourth-order valence-corrected chi connectivity index (χ4v) is 1.65. The second-order valence-electron chi connectivity index (χ2n) is 5.11. The van der Waals surface area contributed by atoms with E-state index in [9.17, 15) is 9.59 Å². The summed E-state index contributed by atoms with van der Waals surface area (Å²) in [6.07, 6.45) is -3.09. The Bertz CT molecular complexity index is 334. The maximum Gasteiger partial charge on any atom is 0.339 e. The molecule has 0 aromatic rings. The summed E-state index contributed by atoms with van der Waals surface area (Å²) in [7, 11) is 1.35. The fraction of sp³-hybridized carbons (Fsp3) is 0.846. The van der Waals surface area contributed by atoms with Gasteiger partial charge in [-0.25, -0.2) is 9.59 Å². The molecule has 116 valence electrons. The van der Waals surface area contributed by atoms with E-state index in [1.165, 1.54) is 14.0 Å². The smallest absolute Gasteiger partial charge is 0.339 e. The van der Waals surface area contributed by atoms with Crippen LogP contribution in [0.3, 0.4) is 0 Å². The first-order chi connectivity index (χ1) is 9.18. The monoisotopic (exact) mass is 290 g/mol. The van der Waals surface area contributed by atoms with Crippen LogP contribution in [0.15, 0.2) is 0 Å². The van der Waals surface area contributed by atoms with Crippen molar-refractivity contribution in [3.8, 4) is 0 Å². The van der Waals surface area contributed by atoms with Crippen molar-refractivity contribution < 1.29 is 33.3 Å². The maximum atomic E-state index is 12.0. The number of ether oxygens (including phenoxy) is 5. The van der Waals surface area contributed by atoms with Crippen molar-refractivity contribution in [1.29, 1.82) is 0 Å². The van der Waals surface area contributed by atoms with Gasteiger partial charge in [0.05, 0.1) is 12.2 Å². The third-order valence-electron chi connectivity index (χ3n) is 2.50. The molecule has 1 fully saturated rings. The van der Waals surface area contributed by atoms with Crippen LogP contribution in [0.4, 0.5) is 0 Å². The Kier molecular flexibility index (Phi) is 5.50. The molecule has 0 unspecified atom stereocenters. The molecule has 2 atom stereocenters. The summed E-state index contributed by atoms with van der Waals surface area (Å²) < 4.78 is 25.8. The van der Waals surface area contributed by atoms with E-state index in [-0.39, 0.29) is 12.2 Å². The van der Waals surface area contributed by atoms with Gasteiger partial charge in [-0.3, -0.25) is 0 Å². The Hall–Kier alpha value is -1.18. The van der Waals surface area contributed by atoms with Gasteiger partial charge in [0.2, 0.25) is 0 Å². The standard InChI is InChI=1S/C13H22O7/c1-7(2)17-11(14)9-10(12(15)18-8(3)4)20-13(5,16-6)19-9/h7-10H,1-6H3/t9-,10-/m1/s1. The number of rotatable bonds is 5. The first kappa shape index (κ1) is 16.9. The van der Waals surface area contributed by atoms with Crippen molar-refractivity contribution in [3.63, 3.8) is 0 Å². The molecule has 20 heavy (non-hydrogen) atoms. The van der Waals surface area contributed by atoms with Crippen LogP contribution >= 0.6 is 0 Å². The molecule has 0 radical (unpaired) electrons. The van der Waals surface area contributed by atoms with Gasteiger partial charge in [0, 0.05) is 14.0 Å². The van der Waals surface area contributed by atoms with Gasteiger partial charge in [-0.1, -0.05) is 0 Å². The molecule has 1 heterocycles. The minimum absolute atomic E-state index is 0.331. The zero-order valence-electron chi connectivity index (χ0n) is 12.7. The normalized spacial score (nSPS) is 25.0. The highest BCUT2D eigenvalue weighted by Gasteiger charge is 2.53. The van der Waals surface area contributed by atoms with Gasteiger partial charge in [0.15, 0.2) is 12.2 Å². The Labute approximate surface area is 118 Å². The van der Waals surface area contributed by atoms with Crippen LogP contribution in [0.25, 0.3) is 0 Å². The van der Waals surface area contributed by atoms with E-state index in [0.29, 0.717) is 0 Å². The van der Waals surface area contributed by atoms with Crippen molar-refractivity contribution in [3.05, 3.63) is 0 Å². The van der Waals surface area contributed by atoms with Crippen LogP contribution in [0.2, 0.25) is 0 Å². The molecule has 7 nitrogen and oxygen atoms in total. The van der Waals surface area contributed by atoms with Crippen LogP contribution in [-0.2, 0) is 33.3 Å². The number of carbonyl (C=O) groups is 2.